The average molecular weight is 438 g/mol. The van der Waals surface area contributed by atoms with E-state index in [4.69, 9.17) is 0 Å². The second kappa shape index (κ2) is 9.28. The van der Waals surface area contributed by atoms with E-state index in [1.807, 2.05) is 42.5 Å². The largest absolute Gasteiger partial charge is 0.345 e. The van der Waals surface area contributed by atoms with Crippen molar-refractivity contribution in [1.29, 1.82) is 0 Å². The highest BCUT2D eigenvalue weighted by molar-refractivity contribution is 7.99. The Labute approximate surface area is 192 Å². The second-order valence-electron chi connectivity index (χ2n) is 7.63. The lowest BCUT2D eigenvalue weighted by atomic mass is 9.99. The molecule has 5 heteroatoms. The standard InChI is InChI=1S/C27H23N3OS/c31-26(29-27(20-8-2-1-3-9-20)21-14-17-28-18-15-21)16-19-30-22-10-4-6-12-24(22)32-25-13-7-5-11-23(25)30/h1-15,17-18,27H,16,19H2,(H,29,31). The van der Waals surface area contributed by atoms with Crippen molar-refractivity contribution in [2.45, 2.75) is 22.3 Å². The number of fused-ring (bicyclic) bond motifs is 2. The molecule has 1 atom stereocenters. The second-order valence-corrected chi connectivity index (χ2v) is 8.71. The van der Waals surface area contributed by atoms with Crippen LogP contribution in [0.1, 0.15) is 23.6 Å². The van der Waals surface area contributed by atoms with Crippen LogP contribution in [0.3, 0.4) is 0 Å². The van der Waals surface area contributed by atoms with Crippen molar-refractivity contribution in [3.8, 4) is 0 Å². The van der Waals surface area contributed by atoms with E-state index in [9.17, 15) is 4.79 Å². The number of rotatable bonds is 6. The van der Waals surface area contributed by atoms with Gasteiger partial charge in [-0.3, -0.25) is 9.78 Å². The minimum absolute atomic E-state index is 0.0175. The van der Waals surface area contributed by atoms with Crippen molar-refractivity contribution in [2.75, 3.05) is 11.4 Å². The maximum atomic E-state index is 13.1. The van der Waals surface area contributed by atoms with Crippen LogP contribution < -0.4 is 10.2 Å². The Morgan fingerprint density at radius 1 is 0.781 bits per heavy atom. The fourth-order valence-corrected chi connectivity index (χ4v) is 5.12. The number of hydrogen-bond donors (Lipinski definition) is 1. The summed E-state index contributed by atoms with van der Waals surface area (Å²) in [5, 5.41) is 3.24. The van der Waals surface area contributed by atoms with Crippen LogP contribution in [0, 0.1) is 0 Å². The molecule has 1 aliphatic rings. The van der Waals surface area contributed by atoms with Crippen LogP contribution in [0.4, 0.5) is 11.4 Å². The lowest BCUT2D eigenvalue weighted by molar-refractivity contribution is -0.121. The average Bonchev–Trinajstić information content (AvgIpc) is 2.86. The Bertz CT molecular complexity index is 1130. The molecule has 1 N–H and O–H groups in total. The summed E-state index contributed by atoms with van der Waals surface area (Å²) in [5.74, 6) is 0.0175. The van der Waals surface area contributed by atoms with Gasteiger partial charge in [0.05, 0.1) is 17.4 Å². The molecule has 1 unspecified atom stereocenters. The van der Waals surface area contributed by atoms with E-state index in [0.717, 1.165) is 22.5 Å². The van der Waals surface area contributed by atoms with Crippen molar-refractivity contribution in [1.82, 2.24) is 10.3 Å². The molecule has 1 amide bonds. The van der Waals surface area contributed by atoms with E-state index in [2.05, 4.69) is 63.7 Å². The van der Waals surface area contributed by atoms with Crippen molar-refractivity contribution >= 4 is 29.0 Å². The first-order valence-electron chi connectivity index (χ1n) is 10.7. The summed E-state index contributed by atoms with van der Waals surface area (Å²) in [7, 11) is 0. The summed E-state index contributed by atoms with van der Waals surface area (Å²) >= 11 is 1.78. The van der Waals surface area contributed by atoms with Gasteiger partial charge >= 0.3 is 0 Å². The highest BCUT2D eigenvalue weighted by Gasteiger charge is 2.24. The number of anilines is 2. The van der Waals surface area contributed by atoms with Crippen LogP contribution in [-0.4, -0.2) is 17.4 Å². The van der Waals surface area contributed by atoms with Gasteiger partial charge in [-0.25, -0.2) is 0 Å². The molecule has 5 rings (SSSR count). The van der Waals surface area contributed by atoms with Crippen LogP contribution in [0.15, 0.2) is 113 Å². The maximum absolute atomic E-state index is 13.1. The third-order valence-corrected chi connectivity index (χ3v) is 6.70. The van der Waals surface area contributed by atoms with Crippen LogP contribution in [-0.2, 0) is 4.79 Å². The number of amides is 1. The molecule has 3 aromatic carbocycles. The van der Waals surface area contributed by atoms with E-state index >= 15 is 0 Å². The Hall–Kier alpha value is -3.57. The van der Waals surface area contributed by atoms with Crippen LogP contribution in [0.5, 0.6) is 0 Å². The van der Waals surface area contributed by atoms with Gasteiger partial charge in [0.2, 0.25) is 5.91 Å². The van der Waals surface area contributed by atoms with E-state index in [1.165, 1.54) is 9.79 Å². The number of para-hydroxylation sites is 2. The number of nitrogens with zero attached hydrogens (tertiary/aromatic N) is 2. The van der Waals surface area contributed by atoms with Crippen molar-refractivity contribution in [2.24, 2.45) is 0 Å². The molecular formula is C27H23N3OS. The first-order valence-corrected chi connectivity index (χ1v) is 11.5. The van der Waals surface area contributed by atoms with Gasteiger partial charge in [0.15, 0.2) is 0 Å². The highest BCUT2D eigenvalue weighted by atomic mass is 32.2. The van der Waals surface area contributed by atoms with Crippen LogP contribution in [0.2, 0.25) is 0 Å². The fourth-order valence-electron chi connectivity index (χ4n) is 4.03. The topological polar surface area (TPSA) is 45.2 Å². The predicted molar refractivity (Wildman–Crippen MR) is 129 cm³/mol. The van der Waals surface area contributed by atoms with Gasteiger partial charge in [0.25, 0.3) is 0 Å². The van der Waals surface area contributed by atoms with Crippen molar-refractivity contribution in [3.05, 3.63) is 115 Å². The van der Waals surface area contributed by atoms with Gasteiger partial charge in [-0.05, 0) is 47.5 Å². The molecule has 2 heterocycles. The summed E-state index contributed by atoms with van der Waals surface area (Å²) in [4.78, 5) is 21.9. The normalized spacial score (nSPS) is 13.1. The molecule has 0 saturated carbocycles. The summed E-state index contributed by atoms with van der Waals surface area (Å²) in [6.07, 6.45) is 3.91. The van der Waals surface area contributed by atoms with E-state index < -0.39 is 0 Å². The first kappa shape index (κ1) is 20.3. The molecule has 4 aromatic rings. The summed E-state index contributed by atoms with van der Waals surface area (Å²) < 4.78 is 0. The molecule has 4 nitrogen and oxygen atoms in total. The van der Waals surface area contributed by atoms with Gasteiger partial charge in [-0.15, -0.1) is 0 Å². The van der Waals surface area contributed by atoms with Gasteiger partial charge in [0.1, 0.15) is 0 Å². The van der Waals surface area contributed by atoms with Gasteiger partial charge < -0.3 is 10.2 Å². The molecule has 0 fully saturated rings. The Morgan fingerprint density at radius 3 is 2.00 bits per heavy atom. The molecule has 1 aliphatic heterocycles. The number of benzene rings is 3. The van der Waals surface area contributed by atoms with Gasteiger partial charge in [-0.1, -0.05) is 66.4 Å². The zero-order chi connectivity index (χ0) is 21.8. The van der Waals surface area contributed by atoms with Crippen molar-refractivity contribution < 1.29 is 4.79 Å². The summed E-state index contributed by atoms with van der Waals surface area (Å²) in [6.45, 7) is 0.609. The van der Waals surface area contributed by atoms with Crippen molar-refractivity contribution in [3.63, 3.8) is 0 Å². The van der Waals surface area contributed by atoms with E-state index in [-0.39, 0.29) is 11.9 Å². The number of hydrogen-bond acceptors (Lipinski definition) is 4. The minimum atomic E-state index is -0.205. The summed E-state index contributed by atoms with van der Waals surface area (Å²) in [5.41, 5.74) is 4.37. The Balaban J connectivity index is 1.36. The third kappa shape index (κ3) is 4.25. The monoisotopic (exact) mass is 437 g/mol. The molecule has 0 bridgehead atoms. The van der Waals surface area contributed by atoms with Crippen LogP contribution >= 0.6 is 11.8 Å². The molecule has 32 heavy (non-hydrogen) atoms. The molecule has 158 valence electrons. The number of pyridine rings is 1. The van der Waals surface area contributed by atoms with Gasteiger partial charge in [0, 0.05) is 35.2 Å². The molecule has 1 aromatic heterocycles. The molecule has 0 radical (unpaired) electrons. The minimum Gasteiger partial charge on any atom is -0.345 e. The molecular weight excluding hydrogens is 414 g/mol. The lowest BCUT2D eigenvalue weighted by Gasteiger charge is -2.32. The number of carbonyl (C=O) groups excluding carboxylic acids is 1. The Morgan fingerprint density at radius 2 is 1.34 bits per heavy atom. The third-order valence-electron chi connectivity index (χ3n) is 5.57. The zero-order valence-corrected chi connectivity index (χ0v) is 18.3. The lowest BCUT2D eigenvalue weighted by Crippen LogP contribution is -2.32. The number of carbonyl (C=O) groups is 1. The predicted octanol–water partition coefficient (Wildman–Crippen LogP) is 5.98. The molecule has 0 spiro atoms. The maximum Gasteiger partial charge on any atom is 0.222 e. The van der Waals surface area contributed by atoms with Crippen LogP contribution in [0.25, 0.3) is 0 Å². The first-order chi connectivity index (χ1) is 15.8. The van der Waals surface area contributed by atoms with Gasteiger partial charge in [-0.2, -0.15) is 0 Å². The summed E-state index contributed by atoms with van der Waals surface area (Å²) in [6, 6.07) is 30.5. The van der Waals surface area contributed by atoms with E-state index in [1.54, 1.807) is 24.2 Å². The molecule has 0 saturated heterocycles. The Kier molecular flexibility index (Phi) is 5.90. The van der Waals surface area contributed by atoms with E-state index in [0.29, 0.717) is 13.0 Å². The number of nitrogens with one attached hydrogen (secondary N) is 1. The quantitative estimate of drug-likeness (QED) is 0.403. The molecule has 0 aliphatic carbocycles. The fraction of sp³-hybridized carbons (Fsp3) is 0.111. The highest BCUT2D eigenvalue weighted by Crippen LogP contribution is 2.47. The smallest absolute Gasteiger partial charge is 0.222 e. The SMILES string of the molecule is O=C(CCN1c2ccccc2Sc2ccccc21)NC(c1ccccc1)c1ccncc1. The zero-order valence-electron chi connectivity index (χ0n) is 17.5. The number of aromatic nitrogens is 1.